The van der Waals surface area contributed by atoms with Crippen molar-refractivity contribution in [1.82, 2.24) is 9.55 Å². The lowest BCUT2D eigenvalue weighted by molar-refractivity contribution is 0.114. The zero-order chi connectivity index (χ0) is 14.4. The lowest BCUT2D eigenvalue weighted by Gasteiger charge is -2.29. The second kappa shape index (κ2) is 4.54. The molecule has 5 N–H and O–H groups in total. The summed E-state index contributed by atoms with van der Waals surface area (Å²) >= 11 is 0. The molecule has 0 atom stereocenters. The van der Waals surface area contributed by atoms with Gasteiger partial charge in [-0.25, -0.2) is 4.98 Å². The van der Waals surface area contributed by atoms with Gasteiger partial charge in [-0.15, -0.1) is 0 Å². The molecule has 9 nitrogen and oxygen atoms in total. The van der Waals surface area contributed by atoms with Crippen molar-refractivity contribution in [1.29, 1.82) is 0 Å². The molecule has 1 aromatic heterocycles. The molecule has 104 valence electrons. The molecule has 0 radical (unpaired) electrons. The van der Waals surface area contributed by atoms with Gasteiger partial charge in [0.15, 0.2) is 0 Å². The predicted octanol–water partition coefficient (Wildman–Crippen LogP) is -0.499. The summed E-state index contributed by atoms with van der Waals surface area (Å²) in [5.74, 6) is 0. The number of hydrogen-bond donors (Lipinski definition) is 5. The fourth-order valence-corrected chi connectivity index (χ4v) is 3.32. The minimum absolute atomic E-state index is 0.440. The largest absolute Gasteiger partial charge is 0.371 e. The number of aryl methyl sites for hydroxylation is 1. The predicted molar refractivity (Wildman–Crippen MR) is 60.7 cm³/mol. The third-order valence-corrected chi connectivity index (χ3v) is 6.37. The van der Waals surface area contributed by atoms with Gasteiger partial charge in [0.05, 0.1) is 18.6 Å². The molecule has 0 fully saturated rings. The van der Waals surface area contributed by atoms with Gasteiger partial charge in [0, 0.05) is 5.69 Å². The summed E-state index contributed by atoms with van der Waals surface area (Å²) in [6.45, 7) is 2.20. The Labute approximate surface area is 102 Å². The number of imidazole rings is 1. The summed E-state index contributed by atoms with van der Waals surface area (Å²) in [4.78, 5) is 39.7. The second-order valence-electron chi connectivity index (χ2n) is 3.91. The lowest BCUT2D eigenvalue weighted by Crippen LogP contribution is -2.34. The van der Waals surface area contributed by atoms with E-state index in [0.717, 1.165) is 10.9 Å². The first-order chi connectivity index (χ1) is 7.90. The van der Waals surface area contributed by atoms with Gasteiger partial charge in [0.25, 0.3) is 5.08 Å². The molecule has 0 saturated heterocycles. The van der Waals surface area contributed by atoms with E-state index in [1.165, 1.54) is 0 Å². The summed E-state index contributed by atoms with van der Waals surface area (Å²) in [7, 11) is -10.9. The van der Waals surface area contributed by atoms with Crippen LogP contribution >= 0.6 is 15.2 Å². The molecule has 0 amide bonds. The van der Waals surface area contributed by atoms with Crippen molar-refractivity contribution in [2.75, 3.05) is 0 Å². The number of aliphatic hydroxyl groups is 1. The fourth-order valence-electron chi connectivity index (χ4n) is 1.29. The highest BCUT2D eigenvalue weighted by Crippen LogP contribution is 2.68. The molecule has 0 aromatic carbocycles. The van der Waals surface area contributed by atoms with Crippen molar-refractivity contribution in [3.63, 3.8) is 0 Å². The first-order valence-electron chi connectivity index (χ1n) is 4.72. The standard InChI is InChI=1S/C7H14N2O7P2/c1-5-6(2)9(4-8-5)3-7(10,17(11,12)13)18(14,15)16/h4,10H,3H2,1-2H3,(H2,11,12,13)(H2,14,15,16). The van der Waals surface area contributed by atoms with Crippen LogP contribution in [0.5, 0.6) is 0 Å². The lowest BCUT2D eigenvalue weighted by atomic mass is 10.4. The van der Waals surface area contributed by atoms with E-state index in [1.54, 1.807) is 13.8 Å². The van der Waals surface area contributed by atoms with Gasteiger partial charge >= 0.3 is 15.2 Å². The van der Waals surface area contributed by atoms with Crippen molar-refractivity contribution in [2.24, 2.45) is 0 Å². The SMILES string of the molecule is Cc1ncn(CC(O)(P(=O)(O)O)P(=O)(O)O)c1C. The Hall–Kier alpha value is -0.530. The topological polar surface area (TPSA) is 153 Å². The summed E-state index contributed by atoms with van der Waals surface area (Å²) < 4.78 is 23.4. The number of nitrogens with zero attached hydrogens (tertiary/aromatic N) is 2. The Morgan fingerprint density at radius 2 is 1.67 bits per heavy atom. The van der Waals surface area contributed by atoms with Crippen molar-refractivity contribution in [2.45, 2.75) is 25.5 Å². The van der Waals surface area contributed by atoms with Crippen molar-refractivity contribution in [3.8, 4) is 0 Å². The summed E-state index contributed by atoms with van der Waals surface area (Å²) in [5, 5.41) is 6.24. The third-order valence-electron chi connectivity index (χ3n) is 2.66. The van der Waals surface area contributed by atoms with E-state index in [9.17, 15) is 14.2 Å². The average Bonchev–Trinajstić information content (AvgIpc) is 2.46. The van der Waals surface area contributed by atoms with Crippen molar-refractivity contribution in [3.05, 3.63) is 17.7 Å². The van der Waals surface area contributed by atoms with E-state index < -0.39 is 26.8 Å². The smallest absolute Gasteiger partial charge is 0.366 e. The Kier molecular flexibility index (Phi) is 3.92. The Morgan fingerprint density at radius 1 is 1.22 bits per heavy atom. The first kappa shape index (κ1) is 15.5. The fraction of sp³-hybridized carbons (Fsp3) is 0.571. The quantitative estimate of drug-likeness (QED) is 0.466. The molecule has 0 unspecified atom stereocenters. The van der Waals surface area contributed by atoms with Crippen LogP contribution in [0.2, 0.25) is 0 Å². The van der Waals surface area contributed by atoms with Gasteiger partial charge in [-0.1, -0.05) is 0 Å². The highest BCUT2D eigenvalue weighted by molar-refractivity contribution is 7.72. The molecule has 11 heteroatoms. The molecule has 1 heterocycles. The van der Waals surface area contributed by atoms with Crippen LogP contribution in [-0.2, 0) is 15.7 Å². The van der Waals surface area contributed by atoms with Crippen molar-refractivity contribution < 1.29 is 33.8 Å². The van der Waals surface area contributed by atoms with Gasteiger partial charge in [-0.3, -0.25) is 9.13 Å². The van der Waals surface area contributed by atoms with E-state index in [2.05, 4.69) is 4.98 Å². The van der Waals surface area contributed by atoms with Crippen LogP contribution in [-0.4, -0.2) is 39.3 Å². The molecule has 1 aromatic rings. The van der Waals surface area contributed by atoms with Crippen LogP contribution in [0.25, 0.3) is 0 Å². The van der Waals surface area contributed by atoms with E-state index in [1.807, 2.05) is 0 Å². The Balaban J connectivity index is 3.29. The molecule has 18 heavy (non-hydrogen) atoms. The normalized spacial score (nSPS) is 13.9. The van der Waals surface area contributed by atoms with Gasteiger partial charge in [0.1, 0.15) is 0 Å². The van der Waals surface area contributed by atoms with E-state index >= 15 is 0 Å². The summed E-state index contributed by atoms with van der Waals surface area (Å²) in [5.41, 5.74) is 0.962. The molecule has 0 saturated carbocycles. The maximum Gasteiger partial charge on any atom is 0.371 e. The molecule has 1 rings (SSSR count). The number of rotatable bonds is 4. The molecule has 0 aliphatic rings. The molecular formula is C7H14N2O7P2. The van der Waals surface area contributed by atoms with E-state index in [0.29, 0.717) is 11.4 Å². The molecule has 0 bridgehead atoms. The van der Waals surface area contributed by atoms with E-state index in [-0.39, 0.29) is 0 Å². The highest BCUT2D eigenvalue weighted by atomic mass is 31.2. The van der Waals surface area contributed by atoms with Crippen LogP contribution in [0.1, 0.15) is 11.4 Å². The third kappa shape index (κ3) is 2.57. The van der Waals surface area contributed by atoms with Gasteiger partial charge < -0.3 is 29.2 Å². The maximum atomic E-state index is 11.1. The second-order valence-corrected chi connectivity index (χ2v) is 7.91. The van der Waals surface area contributed by atoms with Gasteiger partial charge in [0.2, 0.25) is 0 Å². The molecule has 0 aliphatic carbocycles. The molecular weight excluding hydrogens is 286 g/mol. The minimum atomic E-state index is -5.44. The zero-order valence-electron chi connectivity index (χ0n) is 9.63. The average molecular weight is 300 g/mol. The summed E-state index contributed by atoms with van der Waals surface area (Å²) in [6, 6.07) is 0. The van der Waals surface area contributed by atoms with Crippen LogP contribution in [0.15, 0.2) is 6.33 Å². The van der Waals surface area contributed by atoms with Gasteiger partial charge in [-0.2, -0.15) is 0 Å². The van der Waals surface area contributed by atoms with Gasteiger partial charge in [-0.05, 0) is 13.8 Å². The maximum absolute atomic E-state index is 11.1. The summed E-state index contributed by atoms with van der Waals surface area (Å²) in [6.07, 6.45) is 1.14. The van der Waals surface area contributed by atoms with Crippen LogP contribution in [0.3, 0.4) is 0 Å². The van der Waals surface area contributed by atoms with Crippen LogP contribution < -0.4 is 0 Å². The molecule has 0 spiro atoms. The number of aromatic nitrogens is 2. The molecule has 0 aliphatic heterocycles. The minimum Gasteiger partial charge on any atom is -0.366 e. The Bertz CT molecular complexity index is 520. The van der Waals surface area contributed by atoms with Crippen LogP contribution in [0, 0.1) is 13.8 Å². The monoisotopic (exact) mass is 300 g/mol. The van der Waals surface area contributed by atoms with Crippen molar-refractivity contribution >= 4 is 15.2 Å². The zero-order valence-corrected chi connectivity index (χ0v) is 11.4. The highest BCUT2D eigenvalue weighted by Gasteiger charge is 2.59. The Morgan fingerprint density at radius 3 is 1.94 bits per heavy atom. The first-order valence-corrected chi connectivity index (χ1v) is 7.94. The van der Waals surface area contributed by atoms with Crippen LogP contribution in [0.4, 0.5) is 0 Å². The number of hydrogen-bond acceptors (Lipinski definition) is 4. The van der Waals surface area contributed by atoms with E-state index in [4.69, 9.17) is 19.6 Å².